The molecule has 1 fully saturated rings. The molecule has 2 rings (SSSR count). The fraction of sp³-hybridized carbons (Fsp3) is 0.636. The van der Waals surface area contributed by atoms with Gasteiger partial charge >= 0.3 is 0 Å². The molecule has 1 aliphatic heterocycles. The molecule has 6 heteroatoms. The lowest BCUT2D eigenvalue weighted by Gasteiger charge is -2.31. The number of ether oxygens (including phenoxy) is 1. The molecule has 0 bridgehead atoms. The van der Waals surface area contributed by atoms with Gasteiger partial charge in [0.15, 0.2) is 0 Å². The number of sulfonamides is 1. The van der Waals surface area contributed by atoms with Gasteiger partial charge in [-0.1, -0.05) is 6.92 Å². The number of aryl methyl sites for hydroxylation is 1. The molecule has 0 amide bonds. The van der Waals surface area contributed by atoms with Gasteiger partial charge in [-0.05, 0) is 25.5 Å². The number of nitrogens with zero attached hydrogens (tertiary/aromatic N) is 1. The first kappa shape index (κ1) is 13.0. The van der Waals surface area contributed by atoms with Crippen LogP contribution in [0.5, 0.6) is 0 Å². The standard InChI is InChI=1S/C11H17NO3S2/c1-3-10-4-5-11(16-10)17(13,14)12-6-7-15-8-9(12)2/h4-5,9H,3,6-8H2,1-2H3. The second kappa shape index (κ2) is 5.06. The molecule has 0 N–H and O–H groups in total. The van der Waals surface area contributed by atoms with Crippen LogP contribution in [-0.2, 0) is 21.2 Å². The van der Waals surface area contributed by atoms with E-state index in [1.54, 1.807) is 10.4 Å². The topological polar surface area (TPSA) is 46.6 Å². The zero-order chi connectivity index (χ0) is 12.5. The molecule has 0 aromatic carbocycles. The highest BCUT2D eigenvalue weighted by molar-refractivity contribution is 7.91. The van der Waals surface area contributed by atoms with Crippen LogP contribution in [0.25, 0.3) is 0 Å². The Labute approximate surface area is 106 Å². The van der Waals surface area contributed by atoms with Gasteiger partial charge in [-0.15, -0.1) is 11.3 Å². The Morgan fingerprint density at radius 1 is 1.53 bits per heavy atom. The third kappa shape index (κ3) is 2.54. The van der Waals surface area contributed by atoms with Crippen LogP contribution in [-0.4, -0.2) is 38.5 Å². The maximum atomic E-state index is 12.4. The molecule has 0 saturated carbocycles. The Morgan fingerprint density at radius 2 is 2.29 bits per heavy atom. The fourth-order valence-corrected chi connectivity index (χ4v) is 4.90. The van der Waals surface area contributed by atoms with Crippen molar-refractivity contribution in [2.24, 2.45) is 0 Å². The monoisotopic (exact) mass is 275 g/mol. The zero-order valence-corrected chi connectivity index (χ0v) is 11.7. The predicted molar refractivity (Wildman–Crippen MR) is 67.9 cm³/mol. The molecule has 2 heterocycles. The summed E-state index contributed by atoms with van der Waals surface area (Å²) in [6.07, 6.45) is 0.874. The lowest BCUT2D eigenvalue weighted by atomic mass is 10.3. The third-order valence-corrected chi connectivity index (χ3v) is 6.57. The predicted octanol–water partition coefficient (Wildman–Crippen LogP) is 1.72. The first-order chi connectivity index (χ1) is 8.05. The molecular formula is C11H17NO3S2. The van der Waals surface area contributed by atoms with Crippen LogP contribution in [0.2, 0.25) is 0 Å². The van der Waals surface area contributed by atoms with E-state index in [0.29, 0.717) is 24.0 Å². The summed E-state index contributed by atoms with van der Waals surface area (Å²) in [4.78, 5) is 1.10. The van der Waals surface area contributed by atoms with Crippen LogP contribution in [0.15, 0.2) is 16.3 Å². The minimum atomic E-state index is -3.33. The number of thiophene rings is 1. The van der Waals surface area contributed by atoms with Crippen molar-refractivity contribution in [3.63, 3.8) is 0 Å². The molecule has 1 atom stereocenters. The normalized spacial score (nSPS) is 22.8. The third-order valence-electron chi connectivity index (χ3n) is 2.86. The van der Waals surface area contributed by atoms with Crippen molar-refractivity contribution >= 4 is 21.4 Å². The second-order valence-corrected chi connectivity index (χ2v) is 7.40. The van der Waals surface area contributed by atoms with Gasteiger partial charge in [0.1, 0.15) is 4.21 Å². The molecule has 4 nitrogen and oxygen atoms in total. The Balaban J connectivity index is 2.28. The minimum absolute atomic E-state index is 0.0825. The van der Waals surface area contributed by atoms with Crippen LogP contribution in [0.3, 0.4) is 0 Å². The van der Waals surface area contributed by atoms with Crippen LogP contribution in [0.4, 0.5) is 0 Å². The van der Waals surface area contributed by atoms with E-state index in [1.807, 2.05) is 19.9 Å². The molecule has 96 valence electrons. The molecule has 1 aromatic heterocycles. The molecule has 17 heavy (non-hydrogen) atoms. The molecule has 1 unspecified atom stereocenters. The van der Waals surface area contributed by atoms with Crippen LogP contribution in [0.1, 0.15) is 18.7 Å². The van der Waals surface area contributed by atoms with Gasteiger partial charge in [-0.2, -0.15) is 4.31 Å². The average molecular weight is 275 g/mol. The lowest BCUT2D eigenvalue weighted by molar-refractivity contribution is 0.0393. The van der Waals surface area contributed by atoms with Crippen LogP contribution >= 0.6 is 11.3 Å². The van der Waals surface area contributed by atoms with Crippen molar-refractivity contribution in [3.05, 3.63) is 17.0 Å². The van der Waals surface area contributed by atoms with Gasteiger partial charge < -0.3 is 4.74 Å². The Hall–Kier alpha value is -0.430. The SMILES string of the molecule is CCc1ccc(S(=O)(=O)N2CCOCC2C)s1. The molecule has 1 aliphatic rings. The van der Waals surface area contributed by atoms with Gasteiger partial charge in [0.2, 0.25) is 0 Å². The van der Waals surface area contributed by atoms with E-state index in [9.17, 15) is 8.42 Å². The zero-order valence-electron chi connectivity index (χ0n) is 10.0. The first-order valence-electron chi connectivity index (χ1n) is 5.74. The Bertz CT molecular complexity index is 481. The Morgan fingerprint density at radius 3 is 2.88 bits per heavy atom. The van der Waals surface area contributed by atoms with E-state index < -0.39 is 10.0 Å². The van der Waals surface area contributed by atoms with Crippen LogP contribution in [0, 0.1) is 0 Å². The quantitative estimate of drug-likeness (QED) is 0.844. The highest BCUT2D eigenvalue weighted by Gasteiger charge is 2.32. The summed E-state index contributed by atoms with van der Waals surface area (Å²) < 4.78 is 32.1. The van der Waals surface area contributed by atoms with Gasteiger partial charge in [0.05, 0.1) is 13.2 Å². The van der Waals surface area contributed by atoms with Crippen molar-refractivity contribution < 1.29 is 13.2 Å². The van der Waals surface area contributed by atoms with E-state index in [2.05, 4.69) is 0 Å². The van der Waals surface area contributed by atoms with Gasteiger partial charge in [0, 0.05) is 17.5 Å². The Kier molecular flexibility index (Phi) is 3.87. The van der Waals surface area contributed by atoms with E-state index in [0.717, 1.165) is 11.3 Å². The van der Waals surface area contributed by atoms with Gasteiger partial charge in [-0.3, -0.25) is 0 Å². The number of hydrogen-bond donors (Lipinski definition) is 0. The summed E-state index contributed by atoms with van der Waals surface area (Å²) in [5.41, 5.74) is 0. The lowest BCUT2D eigenvalue weighted by Crippen LogP contribution is -2.46. The largest absolute Gasteiger partial charge is 0.378 e. The van der Waals surface area contributed by atoms with Crippen molar-refractivity contribution in [1.29, 1.82) is 0 Å². The number of rotatable bonds is 3. The number of morpholine rings is 1. The highest BCUT2D eigenvalue weighted by atomic mass is 32.2. The molecular weight excluding hydrogens is 258 g/mol. The first-order valence-corrected chi connectivity index (χ1v) is 7.99. The fourth-order valence-electron chi connectivity index (χ4n) is 1.87. The molecule has 0 spiro atoms. The molecule has 0 radical (unpaired) electrons. The van der Waals surface area contributed by atoms with E-state index >= 15 is 0 Å². The minimum Gasteiger partial charge on any atom is -0.378 e. The van der Waals surface area contributed by atoms with E-state index in [-0.39, 0.29) is 6.04 Å². The summed E-state index contributed by atoms with van der Waals surface area (Å²) in [5.74, 6) is 0. The van der Waals surface area contributed by atoms with Crippen LogP contribution < -0.4 is 0 Å². The summed E-state index contributed by atoms with van der Waals surface area (Å²) in [5, 5.41) is 0. The van der Waals surface area contributed by atoms with Crippen molar-refractivity contribution in [2.45, 2.75) is 30.5 Å². The average Bonchev–Trinajstić information content (AvgIpc) is 2.78. The van der Waals surface area contributed by atoms with Crippen molar-refractivity contribution in [2.75, 3.05) is 19.8 Å². The van der Waals surface area contributed by atoms with Crippen molar-refractivity contribution in [1.82, 2.24) is 4.31 Å². The summed E-state index contributed by atoms with van der Waals surface area (Å²) in [6.45, 7) is 5.31. The molecule has 0 aliphatic carbocycles. The summed E-state index contributed by atoms with van der Waals surface area (Å²) in [7, 11) is -3.33. The van der Waals surface area contributed by atoms with E-state index in [4.69, 9.17) is 4.74 Å². The van der Waals surface area contributed by atoms with Gasteiger partial charge in [0.25, 0.3) is 10.0 Å². The smallest absolute Gasteiger partial charge is 0.252 e. The number of hydrogen-bond acceptors (Lipinski definition) is 4. The van der Waals surface area contributed by atoms with Crippen molar-refractivity contribution in [3.8, 4) is 0 Å². The van der Waals surface area contributed by atoms with E-state index in [1.165, 1.54) is 11.3 Å². The maximum Gasteiger partial charge on any atom is 0.252 e. The summed E-state index contributed by atoms with van der Waals surface area (Å²) >= 11 is 1.37. The molecule has 1 saturated heterocycles. The molecule has 1 aromatic rings. The maximum absolute atomic E-state index is 12.4. The van der Waals surface area contributed by atoms with Gasteiger partial charge in [-0.25, -0.2) is 8.42 Å². The summed E-state index contributed by atoms with van der Waals surface area (Å²) in [6, 6.07) is 3.52. The highest BCUT2D eigenvalue weighted by Crippen LogP contribution is 2.27. The second-order valence-electron chi connectivity index (χ2n) is 4.11.